The predicted molar refractivity (Wildman–Crippen MR) is 75.8 cm³/mol. The third-order valence-electron chi connectivity index (χ3n) is 3.01. The Morgan fingerprint density at radius 1 is 1.20 bits per heavy atom. The number of benzene rings is 1. The van der Waals surface area contributed by atoms with Crippen LogP contribution in [0.5, 0.6) is 0 Å². The second kappa shape index (κ2) is 6.06. The molecule has 0 saturated carbocycles. The van der Waals surface area contributed by atoms with Crippen molar-refractivity contribution in [3.05, 3.63) is 53.9 Å². The highest BCUT2D eigenvalue weighted by Gasteiger charge is 2.13. The Hall–Kier alpha value is -2.56. The van der Waals surface area contributed by atoms with E-state index in [0.717, 1.165) is 0 Å². The summed E-state index contributed by atoms with van der Waals surface area (Å²) in [5, 5.41) is 11.6. The standard InChI is InChI=1S/C15H16N2O3/c1-2-17-9-5-8-13(17)15(20)16-12-7-4-3-6-11(12)10-14(18)19/h3-9H,2,10H2,1H3,(H,16,20)(H,18,19). The Labute approximate surface area is 116 Å². The molecular formula is C15H16N2O3. The molecule has 0 aliphatic rings. The lowest BCUT2D eigenvalue weighted by Crippen LogP contribution is -2.17. The van der Waals surface area contributed by atoms with Gasteiger partial charge in [-0.2, -0.15) is 0 Å². The van der Waals surface area contributed by atoms with Gasteiger partial charge in [0.25, 0.3) is 5.91 Å². The van der Waals surface area contributed by atoms with Crippen LogP contribution in [0.2, 0.25) is 0 Å². The van der Waals surface area contributed by atoms with E-state index in [0.29, 0.717) is 23.5 Å². The summed E-state index contributed by atoms with van der Waals surface area (Å²) in [6.07, 6.45) is 1.71. The van der Waals surface area contributed by atoms with E-state index in [4.69, 9.17) is 5.11 Å². The van der Waals surface area contributed by atoms with Crippen molar-refractivity contribution in [3.63, 3.8) is 0 Å². The number of nitrogens with one attached hydrogen (secondary N) is 1. The molecule has 0 unspecified atom stereocenters. The first kappa shape index (κ1) is 13.9. The number of carboxylic acids is 1. The van der Waals surface area contributed by atoms with Crippen molar-refractivity contribution in [3.8, 4) is 0 Å². The predicted octanol–water partition coefficient (Wildman–Crippen LogP) is 2.39. The zero-order valence-corrected chi connectivity index (χ0v) is 11.2. The van der Waals surface area contributed by atoms with Gasteiger partial charge in [0, 0.05) is 18.4 Å². The van der Waals surface area contributed by atoms with Crippen LogP contribution in [0.15, 0.2) is 42.6 Å². The molecular weight excluding hydrogens is 256 g/mol. The number of amides is 1. The lowest BCUT2D eigenvalue weighted by atomic mass is 10.1. The monoisotopic (exact) mass is 272 g/mol. The van der Waals surface area contributed by atoms with Crippen LogP contribution in [0.4, 0.5) is 5.69 Å². The second-order valence-corrected chi connectivity index (χ2v) is 4.36. The fraction of sp³-hybridized carbons (Fsp3) is 0.200. The van der Waals surface area contributed by atoms with Crippen LogP contribution in [-0.4, -0.2) is 21.6 Å². The highest BCUT2D eigenvalue weighted by atomic mass is 16.4. The smallest absolute Gasteiger partial charge is 0.307 e. The fourth-order valence-corrected chi connectivity index (χ4v) is 2.04. The number of para-hydroxylation sites is 1. The zero-order chi connectivity index (χ0) is 14.5. The first-order valence-corrected chi connectivity index (χ1v) is 6.38. The number of carbonyl (C=O) groups excluding carboxylic acids is 1. The minimum Gasteiger partial charge on any atom is -0.481 e. The molecule has 0 bridgehead atoms. The summed E-state index contributed by atoms with van der Waals surface area (Å²) in [5.74, 6) is -1.17. The van der Waals surface area contributed by atoms with E-state index in [1.165, 1.54) is 0 Å². The van der Waals surface area contributed by atoms with Gasteiger partial charge in [-0.1, -0.05) is 18.2 Å². The molecule has 0 atom stereocenters. The summed E-state index contributed by atoms with van der Waals surface area (Å²) in [5.41, 5.74) is 1.67. The van der Waals surface area contributed by atoms with Crippen LogP contribution in [0, 0.1) is 0 Å². The van der Waals surface area contributed by atoms with Crippen molar-refractivity contribution >= 4 is 17.6 Å². The molecule has 5 heteroatoms. The number of rotatable bonds is 5. The average Bonchev–Trinajstić information content (AvgIpc) is 2.88. The number of nitrogens with zero attached hydrogens (tertiary/aromatic N) is 1. The molecule has 0 aliphatic heterocycles. The molecule has 5 nitrogen and oxygen atoms in total. The van der Waals surface area contributed by atoms with Gasteiger partial charge in [-0.15, -0.1) is 0 Å². The van der Waals surface area contributed by atoms with Gasteiger partial charge < -0.3 is 15.0 Å². The van der Waals surface area contributed by atoms with Crippen LogP contribution in [0.1, 0.15) is 23.0 Å². The Morgan fingerprint density at radius 2 is 1.95 bits per heavy atom. The second-order valence-electron chi connectivity index (χ2n) is 4.36. The molecule has 20 heavy (non-hydrogen) atoms. The van der Waals surface area contributed by atoms with E-state index in [9.17, 15) is 9.59 Å². The van der Waals surface area contributed by atoms with E-state index >= 15 is 0 Å². The lowest BCUT2D eigenvalue weighted by Gasteiger charge is -2.11. The van der Waals surface area contributed by atoms with Crippen LogP contribution < -0.4 is 5.32 Å². The molecule has 0 fully saturated rings. The third-order valence-corrected chi connectivity index (χ3v) is 3.01. The molecule has 1 heterocycles. The summed E-state index contributed by atoms with van der Waals surface area (Å²) in [4.78, 5) is 23.0. The summed E-state index contributed by atoms with van der Waals surface area (Å²) in [7, 11) is 0. The Balaban J connectivity index is 2.22. The number of hydrogen-bond acceptors (Lipinski definition) is 2. The van der Waals surface area contributed by atoms with Crippen molar-refractivity contribution < 1.29 is 14.7 Å². The Kier molecular flexibility index (Phi) is 4.20. The molecule has 0 saturated heterocycles. The van der Waals surface area contributed by atoms with Crippen LogP contribution >= 0.6 is 0 Å². The first-order chi connectivity index (χ1) is 9.61. The van der Waals surface area contributed by atoms with Crippen LogP contribution in [0.3, 0.4) is 0 Å². The molecule has 0 aliphatic carbocycles. The molecule has 2 aromatic rings. The quantitative estimate of drug-likeness (QED) is 0.877. The fourth-order valence-electron chi connectivity index (χ4n) is 2.04. The highest BCUT2D eigenvalue weighted by molar-refractivity contribution is 6.03. The number of aryl methyl sites for hydroxylation is 1. The van der Waals surface area contributed by atoms with Crippen molar-refractivity contribution in [2.45, 2.75) is 19.9 Å². The zero-order valence-electron chi connectivity index (χ0n) is 11.2. The van der Waals surface area contributed by atoms with Crippen molar-refractivity contribution in [1.29, 1.82) is 0 Å². The SMILES string of the molecule is CCn1cccc1C(=O)Nc1ccccc1CC(=O)O. The van der Waals surface area contributed by atoms with Crippen molar-refractivity contribution in [1.82, 2.24) is 4.57 Å². The topological polar surface area (TPSA) is 71.3 Å². The molecule has 1 aromatic heterocycles. The van der Waals surface area contributed by atoms with E-state index in [-0.39, 0.29) is 12.3 Å². The minimum atomic E-state index is -0.927. The summed E-state index contributed by atoms with van der Waals surface area (Å²) < 4.78 is 1.83. The number of aliphatic carboxylic acids is 1. The summed E-state index contributed by atoms with van der Waals surface area (Å²) in [6.45, 7) is 2.65. The number of anilines is 1. The molecule has 1 aromatic carbocycles. The Bertz CT molecular complexity index is 632. The van der Waals surface area contributed by atoms with Gasteiger partial charge in [0.2, 0.25) is 0 Å². The summed E-state index contributed by atoms with van der Waals surface area (Å²) >= 11 is 0. The highest BCUT2D eigenvalue weighted by Crippen LogP contribution is 2.17. The van der Waals surface area contributed by atoms with Crippen LogP contribution in [0.25, 0.3) is 0 Å². The number of hydrogen-bond donors (Lipinski definition) is 2. The van der Waals surface area contributed by atoms with E-state index < -0.39 is 5.97 Å². The van der Waals surface area contributed by atoms with Crippen molar-refractivity contribution in [2.75, 3.05) is 5.32 Å². The minimum absolute atomic E-state index is 0.120. The van der Waals surface area contributed by atoms with E-state index in [1.54, 1.807) is 30.3 Å². The Morgan fingerprint density at radius 3 is 2.65 bits per heavy atom. The largest absolute Gasteiger partial charge is 0.481 e. The van der Waals surface area contributed by atoms with Gasteiger partial charge in [-0.3, -0.25) is 9.59 Å². The van der Waals surface area contributed by atoms with Gasteiger partial charge in [-0.25, -0.2) is 0 Å². The average molecular weight is 272 g/mol. The molecule has 0 spiro atoms. The number of carboxylic acid groups (broad SMARTS) is 1. The van der Waals surface area contributed by atoms with Crippen molar-refractivity contribution in [2.24, 2.45) is 0 Å². The molecule has 0 radical (unpaired) electrons. The maximum atomic E-state index is 12.2. The normalized spacial score (nSPS) is 10.2. The first-order valence-electron chi connectivity index (χ1n) is 6.38. The molecule has 1 amide bonds. The van der Waals surface area contributed by atoms with Gasteiger partial charge in [0.1, 0.15) is 5.69 Å². The van der Waals surface area contributed by atoms with Gasteiger partial charge in [0.05, 0.1) is 6.42 Å². The van der Waals surface area contributed by atoms with E-state index in [1.807, 2.05) is 23.8 Å². The molecule has 104 valence electrons. The number of carbonyl (C=O) groups is 2. The van der Waals surface area contributed by atoms with Crippen LogP contribution in [-0.2, 0) is 17.8 Å². The van der Waals surface area contributed by atoms with Gasteiger partial charge >= 0.3 is 5.97 Å². The lowest BCUT2D eigenvalue weighted by molar-refractivity contribution is -0.136. The maximum absolute atomic E-state index is 12.2. The third kappa shape index (κ3) is 3.06. The molecule has 2 N–H and O–H groups in total. The maximum Gasteiger partial charge on any atom is 0.307 e. The molecule has 2 rings (SSSR count). The van der Waals surface area contributed by atoms with Gasteiger partial charge in [-0.05, 0) is 30.7 Å². The van der Waals surface area contributed by atoms with Gasteiger partial charge in [0.15, 0.2) is 0 Å². The summed E-state index contributed by atoms with van der Waals surface area (Å²) in [6, 6.07) is 10.5. The number of aromatic nitrogens is 1. The van der Waals surface area contributed by atoms with E-state index in [2.05, 4.69) is 5.32 Å².